The molecule has 1 aliphatic rings. The lowest BCUT2D eigenvalue weighted by Crippen LogP contribution is -2.18. The fourth-order valence-corrected chi connectivity index (χ4v) is 3.58. The van der Waals surface area contributed by atoms with Crippen LogP contribution in [-0.2, 0) is 6.54 Å². The van der Waals surface area contributed by atoms with Crippen LogP contribution in [0, 0.1) is 16.7 Å². The summed E-state index contributed by atoms with van der Waals surface area (Å²) in [5, 5.41) is 13.3. The molecule has 1 saturated carbocycles. The van der Waals surface area contributed by atoms with Crippen molar-refractivity contribution in [2.24, 2.45) is 16.7 Å². The highest BCUT2D eigenvalue weighted by atomic mass is 79.9. The summed E-state index contributed by atoms with van der Waals surface area (Å²) < 4.78 is 5.83. The Hall–Kier alpha value is -0.740. The van der Waals surface area contributed by atoms with E-state index in [4.69, 9.17) is 4.74 Å². The molecule has 1 aromatic rings. The number of methoxy groups -OCH3 is 1. The number of phenols is 1. The van der Waals surface area contributed by atoms with E-state index in [1.54, 1.807) is 7.11 Å². The van der Waals surface area contributed by atoms with Gasteiger partial charge in [0.15, 0.2) is 11.5 Å². The van der Waals surface area contributed by atoms with Crippen molar-refractivity contribution in [1.29, 1.82) is 0 Å². The average Bonchev–Trinajstić information content (AvgIpc) is 2.75. The molecule has 0 saturated heterocycles. The van der Waals surface area contributed by atoms with Crippen LogP contribution in [0.1, 0.15) is 33.3 Å². The molecule has 1 fully saturated rings. The molecule has 0 spiro atoms. The molecule has 0 heterocycles. The van der Waals surface area contributed by atoms with Crippen molar-refractivity contribution in [3.63, 3.8) is 0 Å². The molecule has 20 heavy (non-hydrogen) atoms. The summed E-state index contributed by atoms with van der Waals surface area (Å²) in [4.78, 5) is 0. The molecular formula is C16H24BrNO2. The van der Waals surface area contributed by atoms with Gasteiger partial charge in [-0.25, -0.2) is 0 Å². The molecule has 112 valence electrons. The molecule has 2 N–H and O–H groups in total. The monoisotopic (exact) mass is 341 g/mol. The minimum atomic E-state index is 0.153. The van der Waals surface area contributed by atoms with E-state index in [-0.39, 0.29) is 5.75 Å². The van der Waals surface area contributed by atoms with Crippen LogP contribution in [0.2, 0.25) is 0 Å². The van der Waals surface area contributed by atoms with Gasteiger partial charge in [0.25, 0.3) is 0 Å². The molecule has 0 atom stereocenters. The Morgan fingerprint density at radius 2 is 1.85 bits per heavy atom. The fourth-order valence-electron chi connectivity index (χ4n) is 3.09. The SMILES string of the molecule is COc1cc(CNCC2C(C)(C)C2(C)C)cc(Br)c1O. The second-order valence-corrected chi connectivity index (χ2v) is 7.61. The number of phenolic OH excluding ortho intramolecular Hbond substituents is 1. The van der Waals surface area contributed by atoms with E-state index in [0.29, 0.717) is 27.0 Å². The van der Waals surface area contributed by atoms with Crippen molar-refractivity contribution in [3.05, 3.63) is 22.2 Å². The summed E-state index contributed by atoms with van der Waals surface area (Å²) in [6.07, 6.45) is 0. The quantitative estimate of drug-likeness (QED) is 0.852. The molecule has 0 radical (unpaired) electrons. The van der Waals surface area contributed by atoms with Gasteiger partial charge in [0.1, 0.15) is 0 Å². The fraction of sp³-hybridized carbons (Fsp3) is 0.625. The van der Waals surface area contributed by atoms with E-state index in [0.717, 1.165) is 18.7 Å². The Morgan fingerprint density at radius 1 is 1.25 bits per heavy atom. The predicted molar refractivity (Wildman–Crippen MR) is 85.1 cm³/mol. The lowest BCUT2D eigenvalue weighted by molar-refractivity contribution is 0.371. The van der Waals surface area contributed by atoms with Gasteiger partial charge in [-0.15, -0.1) is 0 Å². The first-order valence-electron chi connectivity index (χ1n) is 6.98. The third kappa shape index (κ3) is 2.56. The van der Waals surface area contributed by atoms with E-state index < -0.39 is 0 Å². The first-order valence-corrected chi connectivity index (χ1v) is 7.77. The number of nitrogens with one attached hydrogen (secondary N) is 1. The molecule has 0 aromatic heterocycles. The second-order valence-electron chi connectivity index (χ2n) is 6.76. The summed E-state index contributed by atoms with van der Waals surface area (Å²) in [7, 11) is 1.56. The zero-order valence-electron chi connectivity index (χ0n) is 12.9. The maximum atomic E-state index is 9.79. The van der Waals surface area contributed by atoms with Gasteiger partial charge in [-0.05, 0) is 56.9 Å². The van der Waals surface area contributed by atoms with Crippen molar-refractivity contribution in [1.82, 2.24) is 5.32 Å². The highest BCUT2D eigenvalue weighted by Gasteiger charge is 2.63. The van der Waals surface area contributed by atoms with Crippen molar-refractivity contribution >= 4 is 15.9 Å². The van der Waals surface area contributed by atoms with Gasteiger partial charge in [0, 0.05) is 6.54 Å². The van der Waals surface area contributed by atoms with Crippen LogP contribution in [0.5, 0.6) is 11.5 Å². The van der Waals surface area contributed by atoms with Gasteiger partial charge in [0.2, 0.25) is 0 Å². The molecule has 1 aromatic carbocycles. The Kier molecular flexibility index (Phi) is 4.09. The Balaban J connectivity index is 1.94. The van der Waals surface area contributed by atoms with Crippen molar-refractivity contribution < 1.29 is 9.84 Å². The van der Waals surface area contributed by atoms with Gasteiger partial charge in [-0.3, -0.25) is 0 Å². The standard InChI is InChI=1S/C16H24BrNO2/c1-15(2)13(16(15,3)4)9-18-8-10-6-11(17)14(19)12(7-10)20-5/h6-7,13,18-19H,8-9H2,1-5H3. The largest absolute Gasteiger partial charge is 0.503 e. The number of rotatable bonds is 5. The normalized spacial score (nSPS) is 19.9. The van der Waals surface area contributed by atoms with Crippen molar-refractivity contribution in [2.45, 2.75) is 34.2 Å². The Morgan fingerprint density at radius 3 is 2.35 bits per heavy atom. The molecule has 1 aliphatic carbocycles. The van der Waals surface area contributed by atoms with Gasteiger partial charge in [-0.1, -0.05) is 27.7 Å². The average molecular weight is 342 g/mol. The Labute approximate surface area is 129 Å². The van der Waals surface area contributed by atoms with Gasteiger partial charge in [-0.2, -0.15) is 0 Å². The number of aromatic hydroxyl groups is 1. The van der Waals surface area contributed by atoms with Crippen LogP contribution >= 0.6 is 15.9 Å². The first-order chi connectivity index (χ1) is 9.21. The number of benzene rings is 1. The maximum Gasteiger partial charge on any atom is 0.172 e. The van der Waals surface area contributed by atoms with Crippen LogP contribution < -0.4 is 10.1 Å². The molecule has 0 amide bonds. The molecule has 3 nitrogen and oxygen atoms in total. The Bertz CT molecular complexity index is 497. The van der Waals surface area contributed by atoms with Crippen molar-refractivity contribution in [2.75, 3.05) is 13.7 Å². The third-order valence-electron chi connectivity index (χ3n) is 5.31. The molecule has 0 unspecified atom stereocenters. The van der Waals surface area contributed by atoms with Crippen molar-refractivity contribution in [3.8, 4) is 11.5 Å². The van der Waals surface area contributed by atoms with Crippen LogP contribution in [0.25, 0.3) is 0 Å². The molecule has 0 aliphatic heterocycles. The highest BCUT2D eigenvalue weighted by molar-refractivity contribution is 9.10. The van der Waals surface area contributed by atoms with Gasteiger partial charge in [0.05, 0.1) is 11.6 Å². The number of halogens is 1. The maximum absolute atomic E-state index is 9.79. The van der Waals surface area contributed by atoms with Gasteiger partial charge >= 0.3 is 0 Å². The zero-order chi connectivity index (χ0) is 15.1. The minimum absolute atomic E-state index is 0.153. The van der Waals surface area contributed by atoms with E-state index >= 15 is 0 Å². The van der Waals surface area contributed by atoms with Crippen LogP contribution in [0.15, 0.2) is 16.6 Å². The van der Waals surface area contributed by atoms with Crippen LogP contribution in [0.3, 0.4) is 0 Å². The summed E-state index contributed by atoms with van der Waals surface area (Å²) in [6, 6.07) is 3.80. The summed E-state index contributed by atoms with van der Waals surface area (Å²) in [5.74, 6) is 1.36. The zero-order valence-corrected chi connectivity index (χ0v) is 14.5. The number of ether oxygens (including phenoxy) is 1. The smallest absolute Gasteiger partial charge is 0.172 e. The van der Waals surface area contributed by atoms with E-state index in [9.17, 15) is 5.11 Å². The molecule has 4 heteroatoms. The van der Waals surface area contributed by atoms with Gasteiger partial charge < -0.3 is 15.2 Å². The lowest BCUT2D eigenvalue weighted by atomic mass is 10.0. The predicted octanol–water partition coefficient (Wildman–Crippen LogP) is 3.94. The van der Waals surface area contributed by atoms with E-state index in [2.05, 4.69) is 48.9 Å². The van der Waals surface area contributed by atoms with Crippen LogP contribution in [-0.4, -0.2) is 18.8 Å². The molecule has 2 rings (SSSR count). The summed E-state index contributed by atoms with van der Waals surface area (Å²) in [6.45, 7) is 11.1. The minimum Gasteiger partial charge on any atom is -0.503 e. The van der Waals surface area contributed by atoms with Crippen LogP contribution in [0.4, 0.5) is 0 Å². The number of hydrogen-bond donors (Lipinski definition) is 2. The molecular weight excluding hydrogens is 318 g/mol. The highest BCUT2D eigenvalue weighted by Crippen LogP contribution is 2.67. The topological polar surface area (TPSA) is 41.5 Å². The number of hydrogen-bond acceptors (Lipinski definition) is 3. The second kappa shape index (κ2) is 5.23. The summed E-state index contributed by atoms with van der Waals surface area (Å²) >= 11 is 3.35. The third-order valence-corrected chi connectivity index (χ3v) is 5.91. The first kappa shape index (κ1) is 15.6. The summed E-state index contributed by atoms with van der Waals surface area (Å²) in [5.41, 5.74) is 1.92. The van der Waals surface area contributed by atoms with E-state index in [1.165, 1.54) is 0 Å². The molecule has 0 bridgehead atoms. The van der Waals surface area contributed by atoms with E-state index in [1.807, 2.05) is 12.1 Å². The lowest BCUT2D eigenvalue weighted by Gasteiger charge is -2.10.